The molecule has 0 amide bonds. The summed E-state index contributed by atoms with van der Waals surface area (Å²) in [5.74, 6) is -0.893. The van der Waals surface area contributed by atoms with Crippen molar-refractivity contribution in [2.75, 3.05) is 13.2 Å². The molecule has 0 aliphatic rings. The zero-order valence-corrected chi connectivity index (χ0v) is 38.6. The molecule has 0 spiro atoms. The van der Waals surface area contributed by atoms with E-state index in [4.69, 9.17) is 14.2 Å². The number of rotatable bonds is 45. The van der Waals surface area contributed by atoms with Crippen molar-refractivity contribution in [2.24, 2.45) is 0 Å². The largest absolute Gasteiger partial charge is 0.462 e. The van der Waals surface area contributed by atoms with Crippen LogP contribution in [0.5, 0.6) is 0 Å². The minimum absolute atomic E-state index is 0.0749. The molecule has 0 aromatic heterocycles. The fourth-order valence-corrected chi connectivity index (χ4v) is 7.10. The summed E-state index contributed by atoms with van der Waals surface area (Å²) in [6.07, 6.45) is 54.4. The molecule has 6 heteroatoms. The van der Waals surface area contributed by atoms with Crippen LogP contribution in [0.4, 0.5) is 0 Å². The van der Waals surface area contributed by atoms with Gasteiger partial charge in [-0.2, -0.15) is 0 Å². The molecule has 6 nitrogen and oxygen atoms in total. The smallest absolute Gasteiger partial charge is 0.306 e. The molecule has 0 rings (SSSR count). The minimum atomic E-state index is -0.770. The van der Waals surface area contributed by atoms with Gasteiger partial charge in [-0.05, 0) is 57.8 Å². The molecule has 1 atom stereocenters. The zero-order valence-electron chi connectivity index (χ0n) is 38.6. The van der Waals surface area contributed by atoms with E-state index in [2.05, 4.69) is 57.2 Å². The van der Waals surface area contributed by atoms with Crippen molar-refractivity contribution in [3.63, 3.8) is 0 Å². The first-order valence-electron chi connectivity index (χ1n) is 25.0. The average molecular weight is 815 g/mol. The summed E-state index contributed by atoms with van der Waals surface area (Å²) in [6.45, 7) is 6.53. The number of hydrogen-bond acceptors (Lipinski definition) is 6. The summed E-state index contributed by atoms with van der Waals surface area (Å²) in [5.41, 5.74) is 0. The van der Waals surface area contributed by atoms with E-state index >= 15 is 0 Å². The first-order chi connectivity index (χ1) is 28.5. The van der Waals surface area contributed by atoms with Gasteiger partial charge in [-0.1, -0.05) is 218 Å². The number of esters is 3. The number of carbonyl (C=O) groups excluding carboxylic acids is 3. The van der Waals surface area contributed by atoms with Gasteiger partial charge in [-0.25, -0.2) is 0 Å². The molecule has 0 aromatic carbocycles. The lowest BCUT2D eigenvalue weighted by molar-refractivity contribution is -0.167. The molecule has 0 heterocycles. The maximum atomic E-state index is 12.7. The maximum absolute atomic E-state index is 12.7. The van der Waals surface area contributed by atoms with Gasteiger partial charge in [0.25, 0.3) is 0 Å². The SMILES string of the molecule is CCCCC/C=C\C/C=C\C/C=C\CCCCCCCCC(=O)OCC(COC(=O)CCCCCCC)OC(=O)CCCCCCCCCCCCCCCCCC. The van der Waals surface area contributed by atoms with Gasteiger partial charge in [0.05, 0.1) is 0 Å². The zero-order chi connectivity index (χ0) is 42.3. The first kappa shape index (κ1) is 55.6. The molecule has 0 aliphatic carbocycles. The third-order valence-electron chi connectivity index (χ3n) is 10.9. The molecular formula is C52H94O6. The van der Waals surface area contributed by atoms with Gasteiger partial charge in [0, 0.05) is 19.3 Å². The lowest BCUT2D eigenvalue weighted by atomic mass is 10.0. The Balaban J connectivity index is 4.18. The fourth-order valence-electron chi connectivity index (χ4n) is 7.10. The van der Waals surface area contributed by atoms with Crippen LogP contribution >= 0.6 is 0 Å². The van der Waals surface area contributed by atoms with Crippen molar-refractivity contribution in [2.45, 2.75) is 264 Å². The lowest BCUT2D eigenvalue weighted by Crippen LogP contribution is -2.30. The van der Waals surface area contributed by atoms with Crippen LogP contribution in [0.2, 0.25) is 0 Å². The summed E-state index contributed by atoms with van der Waals surface area (Å²) in [7, 11) is 0. The van der Waals surface area contributed by atoms with Gasteiger partial charge in [-0.15, -0.1) is 0 Å². The van der Waals surface area contributed by atoms with Gasteiger partial charge < -0.3 is 14.2 Å². The van der Waals surface area contributed by atoms with Crippen LogP contribution in [0.15, 0.2) is 36.5 Å². The van der Waals surface area contributed by atoms with E-state index in [1.54, 1.807) is 0 Å². The van der Waals surface area contributed by atoms with Crippen LogP contribution in [0.3, 0.4) is 0 Å². The monoisotopic (exact) mass is 815 g/mol. The van der Waals surface area contributed by atoms with E-state index in [-0.39, 0.29) is 31.1 Å². The molecule has 0 bridgehead atoms. The molecular weight excluding hydrogens is 721 g/mol. The van der Waals surface area contributed by atoms with Crippen molar-refractivity contribution in [3.8, 4) is 0 Å². The first-order valence-corrected chi connectivity index (χ1v) is 25.0. The van der Waals surface area contributed by atoms with Crippen LogP contribution in [0.1, 0.15) is 258 Å². The van der Waals surface area contributed by atoms with Gasteiger partial charge in [0.15, 0.2) is 6.10 Å². The van der Waals surface area contributed by atoms with Crippen molar-refractivity contribution in [3.05, 3.63) is 36.5 Å². The van der Waals surface area contributed by atoms with Crippen molar-refractivity contribution in [1.29, 1.82) is 0 Å². The summed E-state index contributed by atoms with van der Waals surface area (Å²) in [6, 6.07) is 0. The maximum Gasteiger partial charge on any atom is 0.306 e. The molecule has 338 valence electrons. The summed E-state index contributed by atoms with van der Waals surface area (Å²) >= 11 is 0. The summed E-state index contributed by atoms with van der Waals surface area (Å²) in [5, 5.41) is 0. The van der Waals surface area contributed by atoms with Crippen LogP contribution in [-0.4, -0.2) is 37.2 Å². The number of ether oxygens (including phenoxy) is 3. The molecule has 0 aliphatic heterocycles. The molecule has 0 fully saturated rings. The highest BCUT2D eigenvalue weighted by molar-refractivity contribution is 5.71. The van der Waals surface area contributed by atoms with Gasteiger partial charge in [0.1, 0.15) is 13.2 Å². The van der Waals surface area contributed by atoms with Crippen molar-refractivity contribution >= 4 is 17.9 Å². The minimum Gasteiger partial charge on any atom is -0.462 e. The van der Waals surface area contributed by atoms with E-state index in [0.29, 0.717) is 19.3 Å². The molecule has 0 saturated carbocycles. The average Bonchev–Trinajstić information content (AvgIpc) is 3.22. The number of allylic oxidation sites excluding steroid dienone is 6. The van der Waals surface area contributed by atoms with Crippen LogP contribution in [0.25, 0.3) is 0 Å². The Labute approximate surface area is 359 Å². The summed E-state index contributed by atoms with van der Waals surface area (Å²) in [4.78, 5) is 37.6. The second-order valence-electron chi connectivity index (χ2n) is 16.7. The van der Waals surface area contributed by atoms with Crippen LogP contribution < -0.4 is 0 Å². The topological polar surface area (TPSA) is 78.9 Å². The highest BCUT2D eigenvalue weighted by Gasteiger charge is 2.19. The third-order valence-corrected chi connectivity index (χ3v) is 10.9. The molecule has 0 N–H and O–H groups in total. The number of unbranched alkanes of at least 4 members (excludes halogenated alkanes) is 28. The third kappa shape index (κ3) is 44.7. The second kappa shape index (κ2) is 47.3. The van der Waals surface area contributed by atoms with E-state index < -0.39 is 6.10 Å². The fraction of sp³-hybridized carbons (Fsp3) is 0.827. The highest BCUT2D eigenvalue weighted by Crippen LogP contribution is 2.15. The molecule has 1 unspecified atom stereocenters. The van der Waals surface area contributed by atoms with Crippen molar-refractivity contribution < 1.29 is 28.6 Å². The predicted octanol–water partition coefficient (Wildman–Crippen LogP) is 16.1. The van der Waals surface area contributed by atoms with E-state index in [0.717, 1.165) is 83.5 Å². The predicted molar refractivity (Wildman–Crippen MR) is 247 cm³/mol. The Kier molecular flexibility index (Phi) is 45.4. The normalized spacial score (nSPS) is 12.3. The van der Waals surface area contributed by atoms with Crippen LogP contribution in [0, 0.1) is 0 Å². The van der Waals surface area contributed by atoms with Gasteiger partial charge in [-0.3, -0.25) is 14.4 Å². The second-order valence-corrected chi connectivity index (χ2v) is 16.7. The van der Waals surface area contributed by atoms with Gasteiger partial charge in [0.2, 0.25) is 0 Å². The van der Waals surface area contributed by atoms with E-state index in [1.165, 1.54) is 135 Å². The molecule has 0 radical (unpaired) electrons. The van der Waals surface area contributed by atoms with Crippen molar-refractivity contribution in [1.82, 2.24) is 0 Å². The number of carbonyl (C=O) groups is 3. The Bertz CT molecular complexity index is 984. The Morgan fingerprint density at radius 3 is 1.00 bits per heavy atom. The van der Waals surface area contributed by atoms with E-state index in [9.17, 15) is 14.4 Å². The Morgan fingerprint density at radius 2 is 0.621 bits per heavy atom. The summed E-state index contributed by atoms with van der Waals surface area (Å²) < 4.78 is 16.7. The molecule has 58 heavy (non-hydrogen) atoms. The Morgan fingerprint density at radius 1 is 0.345 bits per heavy atom. The molecule has 0 saturated heterocycles. The van der Waals surface area contributed by atoms with Crippen LogP contribution in [-0.2, 0) is 28.6 Å². The quantitative estimate of drug-likeness (QED) is 0.0264. The Hall–Kier alpha value is -2.37. The molecule has 0 aromatic rings. The highest BCUT2D eigenvalue weighted by atomic mass is 16.6. The number of hydrogen-bond donors (Lipinski definition) is 0. The lowest BCUT2D eigenvalue weighted by Gasteiger charge is -2.18. The standard InChI is InChI=1S/C52H94O6/c1-4-7-10-13-15-17-19-21-23-25-26-27-29-30-32-34-36-39-42-45-51(54)57-48-49(47-56-50(53)44-41-38-12-9-6-3)58-52(55)46-43-40-37-35-33-31-28-24-22-20-18-16-14-11-8-5-2/h15,17,21,23,26-27,49H,4-14,16,18-20,22,24-25,28-48H2,1-3H3/b17-15-,23-21-,27-26-. The van der Waals surface area contributed by atoms with E-state index in [1.807, 2.05) is 0 Å². The van der Waals surface area contributed by atoms with Gasteiger partial charge >= 0.3 is 17.9 Å².